The summed E-state index contributed by atoms with van der Waals surface area (Å²) >= 11 is 0. The number of hydrogen-bond acceptors (Lipinski definition) is 5. The number of likely N-dealkylation sites (tertiary alicyclic amines) is 1. The number of nitrogens with zero attached hydrogens (tertiary/aromatic N) is 2. The Balaban J connectivity index is 0.00000320. The molecular weight excluding hydrogens is 495 g/mol. The molecule has 0 spiro atoms. The van der Waals surface area contributed by atoms with Crippen LogP contribution in [0.25, 0.3) is 0 Å². The van der Waals surface area contributed by atoms with E-state index in [9.17, 15) is 4.79 Å². The van der Waals surface area contributed by atoms with Crippen molar-refractivity contribution >= 4 is 35.9 Å². The summed E-state index contributed by atoms with van der Waals surface area (Å²) in [6, 6.07) is 12.8. The summed E-state index contributed by atoms with van der Waals surface area (Å²) in [7, 11) is 3.11. The van der Waals surface area contributed by atoms with Crippen LogP contribution in [-0.2, 0) is 17.8 Å². The van der Waals surface area contributed by atoms with Gasteiger partial charge in [-0.1, -0.05) is 30.3 Å². The van der Waals surface area contributed by atoms with E-state index in [1.807, 2.05) is 0 Å². The number of esters is 1. The number of aryl methyl sites for hydroxylation is 1. The number of carbonyl (C=O) groups excluding carboxylic acids is 1. The van der Waals surface area contributed by atoms with Gasteiger partial charge in [0, 0.05) is 26.2 Å². The Morgan fingerprint density at radius 1 is 1.30 bits per heavy atom. The van der Waals surface area contributed by atoms with Gasteiger partial charge in [0.05, 0.1) is 13.7 Å². The van der Waals surface area contributed by atoms with E-state index < -0.39 is 0 Å². The van der Waals surface area contributed by atoms with E-state index in [0.29, 0.717) is 35.6 Å². The first-order valence-corrected chi connectivity index (χ1v) is 10.0. The zero-order valence-corrected chi connectivity index (χ0v) is 20.1. The molecule has 1 unspecified atom stereocenters. The van der Waals surface area contributed by atoms with Crippen molar-refractivity contribution < 1.29 is 13.9 Å². The molecule has 1 fully saturated rings. The minimum atomic E-state index is -0.389. The maximum Gasteiger partial charge on any atom is 0.341 e. The quantitative estimate of drug-likeness (QED) is 0.250. The molecular formula is C22H31IN4O3. The van der Waals surface area contributed by atoms with Crippen LogP contribution in [0, 0.1) is 6.92 Å². The van der Waals surface area contributed by atoms with Crippen LogP contribution < -0.4 is 10.6 Å². The average Bonchev–Trinajstić information content (AvgIpc) is 3.34. The second-order valence-electron chi connectivity index (χ2n) is 7.23. The van der Waals surface area contributed by atoms with E-state index in [-0.39, 0.29) is 29.9 Å². The molecule has 2 heterocycles. The minimum Gasteiger partial charge on any atom is -0.465 e. The molecule has 1 aromatic carbocycles. The third-order valence-corrected chi connectivity index (χ3v) is 5.26. The molecule has 3 rings (SSSR count). The van der Waals surface area contributed by atoms with E-state index in [1.165, 1.54) is 25.5 Å². The summed E-state index contributed by atoms with van der Waals surface area (Å²) in [6.45, 7) is 5.12. The number of nitrogens with one attached hydrogen (secondary N) is 2. The maximum absolute atomic E-state index is 11.7. The van der Waals surface area contributed by atoms with E-state index in [0.717, 1.165) is 19.6 Å². The van der Waals surface area contributed by atoms with Gasteiger partial charge in [-0.3, -0.25) is 9.89 Å². The fourth-order valence-corrected chi connectivity index (χ4v) is 3.70. The number of furan rings is 1. The molecule has 1 aliphatic heterocycles. The normalized spacial score (nSPS) is 16.8. The summed E-state index contributed by atoms with van der Waals surface area (Å²) < 4.78 is 10.4. The number of carbonyl (C=O) groups is 1. The number of halogens is 1. The Bertz CT molecular complexity index is 838. The molecule has 164 valence electrons. The lowest BCUT2D eigenvalue weighted by Gasteiger charge is -2.25. The van der Waals surface area contributed by atoms with Crippen molar-refractivity contribution in [2.75, 3.05) is 27.2 Å². The molecule has 2 aromatic rings. The summed E-state index contributed by atoms with van der Waals surface area (Å²) in [5, 5.41) is 6.66. The minimum absolute atomic E-state index is 0. The zero-order chi connectivity index (χ0) is 20.6. The molecule has 7 nitrogen and oxygen atoms in total. The highest BCUT2D eigenvalue weighted by atomic mass is 127. The second-order valence-corrected chi connectivity index (χ2v) is 7.23. The first-order valence-electron chi connectivity index (χ1n) is 10.0. The molecule has 1 aliphatic rings. The predicted octanol–water partition coefficient (Wildman–Crippen LogP) is 3.32. The molecule has 0 bridgehead atoms. The largest absolute Gasteiger partial charge is 0.465 e. The third-order valence-electron chi connectivity index (χ3n) is 5.26. The van der Waals surface area contributed by atoms with E-state index in [4.69, 9.17) is 9.15 Å². The van der Waals surface area contributed by atoms with E-state index in [1.54, 1.807) is 20.0 Å². The predicted molar refractivity (Wildman–Crippen MR) is 128 cm³/mol. The Labute approximate surface area is 195 Å². The maximum atomic E-state index is 11.7. The van der Waals surface area contributed by atoms with Crippen LogP contribution in [0.3, 0.4) is 0 Å². The lowest BCUT2D eigenvalue weighted by atomic mass is 10.2. The lowest BCUT2D eigenvalue weighted by Crippen LogP contribution is -2.44. The van der Waals surface area contributed by atoms with Gasteiger partial charge in [-0.2, -0.15) is 0 Å². The van der Waals surface area contributed by atoms with Crippen molar-refractivity contribution in [3.63, 3.8) is 0 Å². The second kappa shape index (κ2) is 11.9. The number of hydrogen-bond donors (Lipinski definition) is 2. The molecule has 0 radical (unpaired) electrons. The summed E-state index contributed by atoms with van der Waals surface area (Å²) in [4.78, 5) is 18.5. The van der Waals surface area contributed by atoms with Crippen LogP contribution >= 0.6 is 24.0 Å². The highest BCUT2D eigenvalue weighted by Gasteiger charge is 2.24. The molecule has 0 amide bonds. The number of rotatable bonds is 7. The highest BCUT2D eigenvalue weighted by molar-refractivity contribution is 14.0. The number of methoxy groups -OCH3 is 1. The third kappa shape index (κ3) is 6.46. The lowest BCUT2D eigenvalue weighted by molar-refractivity contribution is 0.0599. The van der Waals surface area contributed by atoms with Gasteiger partial charge in [0.1, 0.15) is 17.1 Å². The summed E-state index contributed by atoms with van der Waals surface area (Å²) in [5.41, 5.74) is 1.80. The molecule has 1 atom stereocenters. The van der Waals surface area contributed by atoms with Gasteiger partial charge >= 0.3 is 5.97 Å². The van der Waals surface area contributed by atoms with Crippen molar-refractivity contribution in [3.05, 3.63) is 59.0 Å². The van der Waals surface area contributed by atoms with Crippen LogP contribution in [-0.4, -0.2) is 50.1 Å². The molecule has 30 heavy (non-hydrogen) atoms. The van der Waals surface area contributed by atoms with Gasteiger partial charge in [0.15, 0.2) is 5.96 Å². The van der Waals surface area contributed by atoms with Crippen LogP contribution in [0.4, 0.5) is 0 Å². The number of benzene rings is 1. The fraction of sp³-hybridized carbons (Fsp3) is 0.455. The monoisotopic (exact) mass is 526 g/mol. The molecule has 0 saturated carbocycles. The van der Waals surface area contributed by atoms with Gasteiger partial charge in [-0.15, -0.1) is 24.0 Å². The van der Waals surface area contributed by atoms with Crippen LogP contribution in [0.2, 0.25) is 0 Å². The van der Waals surface area contributed by atoms with Gasteiger partial charge in [0.25, 0.3) is 0 Å². The van der Waals surface area contributed by atoms with Crippen molar-refractivity contribution in [1.82, 2.24) is 15.5 Å². The molecule has 1 saturated heterocycles. The summed E-state index contributed by atoms with van der Waals surface area (Å²) in [5.74, 6) is 1.54. The van der Waals surface area contributed by atoms with Gasteiger partial charge < -0.3 is 19.8 Å². The van der Waals surface area contributed by atoms with Crippen molar-refractivity contribution in [3.8, 4) is 0 Å². The Morgan fingerprint density at radius 3 is 2.77 bits per heavy atom. The Hall–Kier alpha value is -2.07. The molecule has 0 aliphatic carbocycles. The highest BCUT2D eigenvalue weighted by Crippen LogP contribution is 2.19. The number of guanidine groups is 1. The number of aliphatic imine (C=N–C) groups is 1. The zero-order valence-electron chi connectivity index (χ0n) is 17.8. The first-order chi connectivity index (χ1) is 14.1. The first kappa shape index (κ1) is 24.2. The molecule has 1 aromatic heterocycles. The van der Waals surface area contributed by atoms with Crippen LogP contribution in [0.5, 0.6) is 0 Å². The Kier molecular flexibility index (Phi) is 9.64. The van der Waals surface area contributed by atoms with Gasteiger partial charge in [0.2, 0.25) is 0 Å². The molecule has 2 N–H and O–H groups in total. The Morgan fingerprint density at radius 2 is 2.07 bits per heavy atom. The van der Waals surface area contributed by atoms with Crippen LogP contribution in [0.15, 0.2) is 45.8 Å². The van der Waals surface area contributed by atoms with Crippen molar-refractivity contribution in [1.29, 1.82) is 0 Å². The molecule has 8 heteroatoms. The van der Waals surface area contributed by atoms with E-state index >= 15 is 0 Å². The van der Waals surface area contributed by atoms with Gasteiger partial charge in [-0.25, -0.2) is 4.79 Å². The number of ether oxygens (including phenoxy) is 1. The fourth-order valence-electron chi connectivity index (χ4n) is 3.70. The van der Waals surface area contributed by atoms with Crippen LogP contribution in [0.1, 0.15) is 40.3 Å². The average molecular weight is 526 g/mol. The topological polar surface area (TPSA) is 79.1 Å². The standard InChI is InChI=1S/C22H30N4O3.HI/c1-16-20(21(27)28-3)12-19(29-16)14-25-22(23-2)24-13-18-10-7-11-26(18)15-17-8-5-4-6-9-17;/h4-6,8-9,12,18H,7,10-11,13-15H2,1-3H3,(H2,23,24,25);1H. The van der Waals surface area contributed by atoms with Crippen molar-refractivity contribution in [2.24, 2.45) is 4.99 Å². The summed E-state index contributed by atoms with van der Waals surface area (Å²) in [6.07, 6.45) is 2.39. The van der Waals surface area contributed by atoms with E-state index in [2.05, 4.69) is 50.9 Å². The smallest absolute Gasteiger partial charge is 0.341 e. The SMILES string of the molecule is CN=C(NCc1cc(C(=O)OC)c(C)o1)NCC1CCCN1Cc1ccccc1.I. The van der Waals surface area contributed by atoms with Crippen molar-refractivity contribution in [2.45, 2.75) is 38.9 Å². The van der Waals surface area contributed by atoms with Gasteiger partial charge in [-0.05, 0) is 37.9 Å².